The number of nitrogens with one attached hydrogen (secondary N) is 2. The molecule has 0 unspecified atom stereocenters. The highest BCUT2D eigenvalue weighted by Gasteiger charge is 2.48. The van der Waals surface area contributed by atoms with Crippen LogP contribution in [0.5, 0.6) is 0 Å². The molecule has 1 saturated carbocycles. The number of halogens is 1. The van der Waals surface area contributed by atoms with Crippen LogP contribution in [-0.4, -0.2) is 17.8 Å². The zero-order valence-electron chi connectivity index (χ0n) is 12.0. The minimum atomic E-state index is -1.22. The second kappa shape index (κ2) is 6.16. The number of allylic oxidation sites excluding steroid dienone is 2. The topological polar surface area (TPSA) is 98.3 Å². The van der Waals surface area contributed by atoms with Gasteiger partial charge < -0.3 is 9.90 Å². The number of aliphatic carboxylic acids is 1. The van der Waals surface area contributed by atoms with Crippen LogP contribution in [-0.2, 0) is 9.59 Å². The third-order valence-corrected chi connectivity index (χ3v) is 5.14. The van der Waals surface area contributed by atoms with Crippen LogP contribution in [0.15, 0.2) is 40.9 Å². The van der Waals surface area contributed by atoms with Crippen LogP contribution in [0.2, 0.25) is 0 Å². The Labute approximate surface area is 141 Å². The number of hydrogen-bond acceptors (Lipinski definition) is 4. The van der Waals surface area contributed by atoms with Crippen molar-refractivity contribution in [2.45, 2.75) is 6.42 Å². The molecule has 7 heteroatoms. The first kappa shape index (κ1) is 15.7. The predicted molar refractivity (Wildman–Crippen MR) is 82.5 cm³/mol. The number of hydrogen-bond donors (Lipinski definition) is 2. The maximum Gasteiger partial charge on any atom is 0.270 e. The van der Waals surface area contributed by atoms with Crippen LogP contribution < -0.4 is 16.0 Å². The molecule has 3 rings (SSSR count). The molecule has 2 N–H and O–H groups in total. The zero-order valence-corrected chi connectivity index (χ0v) is 13.6. The molecule has 6 nitrogen and oxygen atoms in total. The summed E-state index contributed by atoms with van der Waals surface area (Å²) in [6.45, 7) is 0. The lowest BCUT2D eigenvalue weighted by atomic mass is 9.82. The summed E-state index contributed by atoms with van der Waals surface area (Å²) in [7, 11) is 0. The van der Waals surface area contributed by atoms with Gasteiger partial charge in [-0.05, 0) is 46.3 Å². The Balaban J connectivity index is 1.66. The van der Waals surface area contributed by atoms with Gasteiger partial charge in [-0.3, -0.25) is 20.4 Å². The van der Waals surface area contributed by atoms with Crippen LogP contribution in [0.25, 0.3) is 0 Å². The molecule has 0 radical (unpaired) electrons. The number of rotatable bonds is 3. The van der Waals surface area contributed by atoms with Crippen molar-refractivity contribution in [3.8, 4) is 0 Å². The molecular formula is C16H14BrN2O4-. The zero-order chi connectivity index (χ0) is 16.6. The maximum atomic E-state index is 12.3. The number of carboxylic acid groups (broad SMARTS) is 1. The van der Waals surface area contributed by atoms with E-state index in [2.05, 4.69) is 26.8 Å². The third-order valence-electron chi connectivity index (χ3n) is 4.45. The summed E-state index contributed by atoms with van der Waals surface area (Å²) >= 11 is 3.26. The molecule has 0 saturated heterocycles. The van der Waals surface area contributed by atoms with Gasteiger partial charge in [0.1, 0.15) is 0 Å². The van der Waals surface area contributed by atoms with Crippen LogP contribution in [0, 0.1) is 23.7 Å². The van der Waals surface area contributed by atoms with Crippen molar-refractivity contribution in [2.75, 3.05) is 0 Å². The average molecular weight is 378 g/mol. The van der Waals surface area contributed by atoms with Gasteiger partial charge in [-0.15, -0.1) is 0 Å². The highest BCUT2D eigenvalue weighted by Crippen LogP contribution is 2.47. The van der Waals surface area contributed by atoms with Gasteiger partial charge in [0.15, 0.2) is 0 Å². The number of carbonyl (C=O) groups excluding carboxylic acids is 3. The first-order valence-corrected chi connectivity index (χ1v) is 8.02. The van der Waals surface area contributed by atoms with Crippen molar-refractivity contribution < 1.29 is 19.5 Å². The Morgan fingerprint density at radius 3 is 2.35 bits per heavy atom. The average Bonchev–Trinajstić information content (AvgIpc) is 3.13. The summed E-state index contributed by atoms with van der Waals surface area (Å²) in [5, 5.41) is 11.3. The van der Waals surface area contributed by atoms with Crippen molar-refractivity contribution in [3.05, 3.63) is 46.5 Å². The molecular weight excluding hydrogens is 364 g/mol. The van der Waals surface area contributed by atoms with E-state index in [1.807, 2.05) is 12.2 Å². The quantitative estimate of drug-likeness (QED) is 0.588. The lowest BCUT2D eigenvalue weighted by molar-refractivity contribution is -0.313. The van der Waals surface area contributed by atoms with Crippen LogP contribution >= 0.6 is 15.9 Å². The Bertz CT molecular complexity index is 703. The number of carbonyl (C=O) groups is 3. The van der Waals surface area contributed by atoms with E-state index in [9.17, 15) is 19.5 Å². The van der Waals surface area contributed by atoms with Crippen molar-refractivity contribution in [3.63, 3.8) is 0 Å². The van der Waals surface area contributed by atoms with E-state index in [1.165, 1.54) is 0 Å². The van der Waals surface area contributed by atoms with Crippen LogP contribution in [0.3, 0.4) is 0 Å². The van der Waals surface area contributed by atoms with Gasteiger partial charge in [-0.25, -0.2) is 0 Å². The Morgan fingerprint density at radius 1 is 1.04 bits per heavy atom. The Hall–Kier alpha value is -2.15. The fraction of sp³-hybridized carbons (Fsp3) is 0.312. The Morgan fingerprint density at radius 2 is 1.70 bits per heavy atom. The largest absolute Gasteiger partial charge is 0.550 e. The number of amides is 2. The molecule has 0 aliphatic heterocycles. The van der Waals surface area contributed by atoms with Crippen molar-refractivity contribution >= 4 is 33.7 Å². The lowest BCUT2D eigenvalue weighted by Crippen LogP contribution is -2.50. The van der Waals surface area contributed by atoms with E-state index in [0.29, 0.717) is 16.5 Å². The summed E-state index contributed by atoms with van der Waals surface area (Å²) in [5.74, 6) is -4.05. The number of benzene rings is 1. The van der Waals surface area contributed by atoms with Crippen molar-refractivity contribution in [1.29, 1.82) is 0 Å². The van der Waals surface area contributed by atoms with E-state index in [1.54, 1.807) is 24.3 Å². The first-order valence-electron chi connectivity index (χ1n) is 7.23. The standard InChI is InChI=1S/C16H15BrN2O4/c17-11-4-2-1-3-10(11)14(20)18-19-15(21)12-8-5-6-9(7-8)13(12)16(22)23/h1-6,8-9,12-13H,7H2,(H,18,20)(H,19,21)(H,22,23)/p-1/t8-,9+,12-,13+/m1/s1. The molecule has 2 aliphatic carbocycles. The summed E-state index contributed by atoms with van der Waals surface area (Å²) in [6, 6.07) is 6.79. The molecule has 1 fully saturated rings. The number of hydrazine groups is 1. The van der Waals surface area contributed by atoms with E-state index in [4.69, 9.17) is 0 Å². The van der Waals surface area contributed by atoms with Crippen molar-refractivity contribution in [1.82, 2.24) is 10.9 Å². The minimum Gasteiger partial charge on any atom is -0.550 e. The molecule has 2 bridgehead atoms. The molecule has 23 heavy (non-hydrogen) atoms. The molecule has 1 aromatic rings. The summed E-state index contributed by atoms with van der Waals surface area (Å²) < 4.78 is 0.599. The lowest BCUT2D eigenvalue weighted by Gasteiger charge is -2.27. The highest BCUT2D eigenvalue weighted by molar-refractivity contribution is 9.10. The fourth-order valence-corrected chi connectivity index (χ4v) is 3.88. The predicted octanol–water partition coefficient (Wildman–Crippen LogP) is 0.398. The smallest absolute Gasteiger partial charge is 0.270 e. The molecule has 4 atom stereocenters. The monoisotopic (exact) mass is 377 g/mol. The molecule has 0 aromatic heterocycles. The number of carboxylic acids is 1. The van der Waals surface area contributed by atoms with E-state index in [-0.39, 0.29) is 11.8 Å². The molecule has 0 heterocycles. The summed E-state index contributed by atoms with van der Waals surface area (Å²) in [5.41, 5.74) is 5.04. The van der Waals surface area contributed by atoms with Crippen LogP contribution in [0.4, 0.5) is 0 Å². The Kier molecular flexibility index (Phi) is 4.21. The first-order chi connectivity index (χ1) is 11.0. The van der Waals surface area contributed by atoms with Gasteiger partial charge in [0.2, 0.25) is 5.91 Å². The summed E-state index contributed by atoms with van der Waals surface area (Å²) in [4.78, 5) is 35.7. The molecule has 0 spiro atoms. The SMILES string of the molecule is O=C(NNC(=O)[C@H]1[C@@H](C(=O)[O-])[C@H]2C=C[C@@H]1C2)c1ccccc1Br. The normalized spacial score (nSPS) is 27.7. The van der Waals surface area contributed by atoms with E-state index >= 15 is 0 Å². The molecule has 1 aromatic carbocycles. The van der Waals surface area contributed by atoms with Gasteiger partial charge in [0, 0.05) is 16.4 Å². The second-order valence-corrected chi connectivity index (χ2v) is 6.60. The highest BCUT2D eigenvalue weighted by atomic mass is 79.9. The molecule has 2 amide bonds. The third kappa shape index (κ3) is 2.88. The van der Waals surface area contributed by atoms with E-state index in [0.717, 1.165) is 0 Å². The molecule has 2 aliphatic rings. The van der Waals surface area contributed by atoms with Gasteiger partial charge in [0.05, 0.1) is 11.5 Å². The van der Waals surface area contributed by atoms with Crippen LogP contribution in [0.1, 0.15) is 16.8 Å². The fourth-order valence-electron chi connectivity index (χ4n) is 3.42. The second-order valence-electron chi connectivity index (χ2n) is 5.74. The van der Waals surface area contributed by atoms with Gasteiger partial charge >= 0.3 is 0 Å². The van der Waals surface area contributed by atoms with Gasteiger partial charge in [-0.1, -0.05) is 24.3 Å². The number of fused-ring (bicyclic) bond motifs is 2. The maximum absolute atomic E-state index is 12.3. The van der Waals surface area contributed by atoms with E-state index < -0.39 is 29.6 Å². The molecule has 120 valence electrons. The minimum absolute atomic E-state index is 0.122. The van der Waals surface area contributed by atoms with Gasteiger partial charge in [-0.2, -0.15) is 0 Å². The van der Waals surface area contributed by atoms with Crippen molar-refractivity contribution in [2.24, 2.45) is 23.7 Å². The summed E-state index contributed by atoms with van der Waals surface area (Å²) in [6.07, 6.45) is 4.33. The van der Waals surface area contributed by atoms with Gasteiger partial charge in [0.25, 0.3) is 5.91 Å².